The third-order valence-electron chi connectivity index (χ3n) is 4.07. The van der Waals surface area contributed by atoms with Crippen LogP contribution in [0, 0.1) is 6.92 Å². The molecule has 24 heavy (non-hydrogen) atoms. The van der Waals surface area contributed by atoms with Gasteiger partial charge >= 0.3 is 0 Å². The Bertz CT molecular complexity index is 836. The van der Waals surface area contributed by atoms with Crippen LogP contribution in [0.2, 0.25) is 0 Å². The van der Waals surface area contributed by atoms with Crippen molar-refractivity contribution >= 4 is 33.0 Å². The van der Waals surface area contributed by atoms with Gasteiger partial charge in [-0.05, 0) is 55.5 Å². The van der Waals surface area contributed by atoms with Crippen molar-refractivity contribution in [1.29, 1.82) is 0 Å². The zero-order chi connectivity index (χ0) is 17.1. The maximum atomic E-state index is 12.9. The number of thiophene rings is 1. The molecule has 0 aliphatic carbocycles. The van der Waals surface area contributed by atoms with Crippen molar-refractivity contribution in [1.82, 2.24) is 4.90 Å². The summed E-state index contributed by atoms with van der Waals surface area (Å²) in [6.45, 7) is 2.73. The lowest BCUT2D eigenvalue weighted by Gasteiger charge is -2.21. The second-order valence-corrected chi connectivity index (χ2v) is 7.34. The van der Waals surface area contributed by atoms with Gasteiger partial charge in [0.1, 0.15) is 0 Å². The topological polar surface area (TPSA) is 32.3 Å². The van der Waals surface area contributed by atoms with Crippen LogP contribution in [0.15, 0.2) is 53.9 Å². The zero-order valence-electron chi connectivity index (χ0n) is 14.2. The first-order valence-electron chi connectivity index (χ1n) is 8.02. The molecule has 3 aromatic rings. The summed E-state index contributed by atoms with van der Waals surface area (Å²) in [5, 5.41) is 6.36. The van der Waals surface area contributed by atoms with Crippen molar-refractivity contribution in [2.75, 3.05) is 26.0 Å². The number of benzene rings is 2. The van der Waals surface area contributed by atoms with Gasteiger partial charge < -0.3 is 10.2 Å². The number of fused-ring (bicyclic) bond motifs is 1. The van der Waals surface area contributed by atoms with E-state index < -0.39 is 0 Å². The Morgan fingerprint density at radius 1 is 1.12 bits per heavy atom. The molecule has 124 valence electrons. The van der Waals surface area contributed by atoms with Gasteiger partial charge in [0.2, 0.25) is 5.91 Å². The molecule has 4 heteroatoms. The molecule has 1 unspecified atom stereocenters. The first kappa shape index (κ1) is 16.7. The van der Waals surface area contributed by atoms with Crippen LogP contribution in [0.25, 0.3) is 10.1 Å². The average Bonchev–Trinajstić information content (AvgIpc) is 3.01. The summed E-state index contributed by atoms with van der Waals surface area (Å²) in [6.07, 6.45) is 0. The van der Waals surface area contributed by atoms with Crippen molar-refractivity contribution in [3.63, 3.8) is 0 Å². The Morgan fingerprint density at radius 2 is 1.88 bits per heavy atom. The normalized spacial score (nSPS) is 12.5. The van der Waals surface area contributed by atoms with Crippen molar-refractivity contribution < 1.29 is 4.79 Å². The average molecular weight is 338 g/mol. The number of rotatable bonds is 5. The maximum absolute atomic E-state index is 12.9. The summed E-state index contributed by atoms with van der Waals surface area (Å²) >= 11 is 1.69. The third kappa shape index (κ3) is 3.83. The molecule has 1 amide bonds. The molecule has 0 saturated heterocycles. The largest absolute Gasteiger partial charge is 0.325 e. The van der Waals surface area contributed by atoms with E-state index in [9.17, 15) is 4.79 Å². The smallest absolute Gasteiger partial charge is 0.233 e. The van der Waals surface area contributed by atoms with Gasteiger partial charge in [0.25, 0.3) is 0 Å². The second-order valence-electron chi connectivity index (χ2n) is 6.39. The zero-order valence-corrected chi connectivity index (χ0v) is 15.1. The fourth-order valence-electron chi connectivity index (χ4n) is 2.77. The van der Waals surface area contributed by atoms with E-state index in [0.717, 1.165) is 11.3 Å². The molecule has 0 bridgehead atoms. The molecule has 1 N–H and O–H groups in total. The molecule has 0 aliphatic rings. The monoisotopic (exact) mass is 338 g/mol. The quantitative estimate of drug-likeness (QED) is 0.743. The molecule has 0 saturated carbocycles. The van der Waals surface area contributed by atoms with E-state index in [1.54, 1.807) is 11.3 Å². The summed E-state index contributed by atoms with van der Waals surface area (Å²) in [5.41, 5.74) is 3.10. The van der Waals surface area contributed by atoms with Gasteiger partial charge in [-0.3, -0.25) is 4.79 Å². The van der Waals surface area contributed by atoms with E-state index in [1.807, 2.05) is 49.3 Å². The molecule has 0 fully saturated rings. The molecule has 0 spiro atoms. The summed E-state index contributed by atoms with van der Waals surface area (Å²) < 4.78 is 1.19. The highest BCUT2D eigenvalue weighted by Crippen LogP contribution is 2.26. The molecule has 1 heterocycles. The standard InChI is InChI=1S/C20H22N2OS/c1-14-4-6-15(7-5-14)18(13-22(2)3)20(23)21-17-9-8-16-10-11-24-19(16)12-17/h4-12,18H,13H2,1-3H3,(H,21,23). The van der Waals surface area contributed by atoms with E-state index in [4.69, 9.17) is 0 Å². The number of hydrogen-bond acceptors (Lipinski definition) is 3. The predicted octanol–water partition coefficient (Wildman–Crippen LogP) is 4.49. The van der Waals surface area contributed by atoms with Gasteiger partial charge in [0.05, 0.1) is 5.92 Å². The summed E-state index contributed by atoms with van der Waals surface area (Å²) in [6, 6.07) is 16.4. The van der Waals surface area contributed by atoms with Crippen LogP contribution in [-0.4, -0.2) is 31.4 Å². The number of aryl methyl sites for hydroxylation is 1. The minimum atomic E-state index is -0.195. The summed E-state index contributed by atoms with van der Waals surface area (Å²) in [5.74, 6) is -0.164. The van der Waals surface area contributed by atoms with E-state index in [-0.39, 0.29) is 11.8 Å². The number of carbonyl (C=O) groups is 1. The highest BCUT2D eigenvalue weighted by molar-refractivity contribution is 7.17. The van der Waals surface area contributed by atoms with Gasteiger partial charge in [-0.15, -0.1) is 11.3 Å². The second kappa shape index (κ2) is 7.16. The van der Waals surface area contributed by atoms with E-state index in [2.05, 4.69) is 35.8 Å². The number of amides is 1. The Balaban J connectivity index is 1.83. The molecule has 3 rings (SSSR count). The molecule has 0 radical (unpaired) electrons. The fraction of sp³-hybridized carbons (Fsp3) is 0.250. The van der Waals surface area contributed by atoms with Crippen molar-refractivity contribution in [3.8, 4) is 0 Å². The molecule has 1 atom stereocenters. The van der Waals surface area contributed by atoms with Crippen LogP contribution in [0.5, 0.6) is 0 Å². The number of hydrogen-bond donors (Lipinski definition) is 1. The van der Waals surface area contributed by atoms with Crippen LogP contribution in [0.4, 0.5) is 5.69 Å². The predicted molar refractivity (Wildman–Crippen MR) is 103 cm³/mol. The van der Waals surface area contributed by atoms with Gasteiger partial charge in [0, 0.05) is 16.9 Å². The SMILES string of the molecule is Cc1ccc(C(CN(C)C)C(=O)Nc2ccc3ccsc3c2)cc1. The third-order valence-corrected chi connectivity index (χ3v) is 4.95. The maximum Gasteiger partial charge on any atom is 0.233 e. The van der Waals surface area contributed by atoms with E-state index in [1.165, 1.54) is 15.6 Å². The first-order chi connectivity index (χ1) is 11.5. The lowest BCUT2D eigenvalue weighted by atomic mass is 9.96. The van der Waals surface area contributed by atoms with Crippen molar-refractivity contribution in [2.24, 2.45) is 0 Å². The van der Waals surface area contributed by atoms with Gasteiger partial charge in [-0.1, -0.05) is 35.9 Å². The number of carbonyl (C=O) groups excluding carboxylic acids is 1. The minimum absolute atomic E-state index is 0.0310. The lowest BCUT2D eigenvalue weighted by Crippen LogP contribution is -2.30. The Hall–Kier alpha value is -2.17. The molecule has 1 aromatic heterocycles. The summed E-state index contributed by atoms with van der Waals surface area (Å²) in [4.78, 5) is 14.9. The van der Waals surface area contributed by atoms with Crippen molar-refractivity contribution in [3.05, 3.63) is 65.0 Å². The Morgan fingerprint density at radius 3 is 2.58 bits per heavy atom. The molecule has 2 aromatic carbocycles. The van der Waals surface area contributed by atoms with Crippen LogP contribution >= 0.6 is 11.3 Å². The van der Waals surface area contributed by atoms with Crippen LogP contribution in [0.3, 0.4) is 0 Å². The number of anilines is 1. The number of nitrogens with zero attached hydrogens (tertiary/aromatic N) is 1. The fourth-order valence-corrected chi connectivity index (χ4v) is 3.59. The summed E-state index contributed by atoms with van der Waals surface area (Å²) in [7, 11) is 3.98. The van der Waals surface area contributed by atoms with Crippen LogP contribution in [0.1, 0.15) is 17.0 Å². The van der Waals surface area contributed by atoms with Crippen molar-refractivity contribution in [2.45, 2.75) is 12.8 Å². The molecular weight excluding hydrogens is 316 g/mol. The Kier molecular flexibility index (Phi) is 4.97. The number of nitrogens with one attached hydrogen (secondary N) is 1. The van der Waals surface area contributed by atoms with E-state index in [0.29, 0.717) is 6.54 Å². The first-order valence-corrected chi connectivity index (χ1v) is 8.90. The van der Waals surface area contributed by atoms with Gasteiger partial charge in [-0.2, -0.15) is 0 Å². The van der Waals surface area contributed by atoms with Gasteiger partial charge in [-0.25, -0.2) is 0 Å². The molecule has 0 aliphatic heterocycles. The highest BCUT2D eigenvalue weighted by atomic mass is 32.1. The minimum Gasteiger partial charge on any atom is -0.325 e. The lowest BCUT2D eigenvalue weighted by molar-refractivity contribution is -0.117. The highest BCUT2D eigenvalue weighted by Gasteiger charge is 2.21. The van der Waals surface area contributed by atoms with E-state index >= 15 is 0 Å². The molecule has 3 nitrogen and oxygen atoms in total. The van der Waals surface area contributed by atoms with Crippen LogP contribution in [-0.2, 0) is 4.79 Å². The number of likely N-dealkylation sites (N-methyl/N-ethyl adjacent to an activating group) is 1. The van der Waals surface area contributed by atoms with Gasteiger partial charge in [0.15, 0.2) is 0 Å². The van der Waals surface area contributed by atoms with Crippen LogP contribution < -0.4 is 5.32 Å². The Labute approximate surface area is 146 Å². The molecular formula is C20H22N2OS.